The van der Waals surface area contributed by atoms with E-state index >= 15 is 0 Å². The number of nitrogens with zero attached hydrogens (tertiary/aromatic N) is 2. The molecule has 5 nitrogen and oxygen atoms in total. The Labute approximate surface area is 122 Å². The smallest absolute Gasteiger partial charge is 0.224 e. The third-order valence-corrected chi connectivity index (χ3v) is 2.92. The molecule has 0 spiro atoms. The second-order valence-electron chi connectivity index (χ2n) is 4.21. The molecule has 6 heteroatoms. The predicted molar refractivity (Wildman–Crippen MR) is 78.7 cm³/mol. The standard InChI is InChI=1S/C14H16ClN3O2/c1-9-6-13(18-14(15)17-9)16-8-10-4-5-11(19-2)12(7-10)20-3/h4-7H,8H2,1-3H3,(H,16,17,18). The van der Waals surface area contributed by atoms with Crippen LogP contribution < -0.4 is 14.8 Å². The first kappa shape index (κ1) is 14.4. The fraction of sp³-hybridized carbons (Fsp3) is 0.286. The van der Waals surface area contributed by atoms with Crippen LogP contribution in [-0.4, -0.2) is 24.2 Å². The third kappa shape index (κ3) is 3.51. The number of rotatable bonds is 5. The Hall–Kier alpha value is -2.01. The summed E-state index contributed by atoms with van der Waals surface area (Å²) in [6, 6.07) is 7.59. The Morgan fingerprint density at radius 1 is 1.10 bits per heavy atom. The maximum atomic E-state index is 5.82. The van der Waals surface area contributed by atoms with E-state index in [2.05, 4.69) is 15.3 Å². The zero-order chi connectivity index (χ0) is 14.5. The van der Waals surface area contributed by atoms with Crippen LogP contribution in [0.3, 0.4) is 0 Å². The fourth-order valence-corrected chi connectivity index (χ4v) is 2.03. The van der Waals surface area contributed by atoms with Crippen LogP contribution in [0.15, 0.2) is 24.3 Å². The summed E-state index contributed by atoms with van der Waals surface area (Å²) in [6.07, 6.45) is 0. The van der Waals surface area contributed by atoms with Gasteiger partial charge in [0.1, 0.15) is 5.82 Å². The minimum Gasteiger partial charge on any atom is -0.493 e. The molecule has 106 valence electrons. The Morgan fingerprint density at radius 2 is 1.85 bits per heavy atom. The fourth-order valence-electron chi connectivity index (χ4n) is 1.81. The molecule has 0 saturated carbocycles. The molecule has 1 heterocycles. The van der Waals surface area contributed by atoms with Crippen LogP contribution in [0.1, 0.15) is 11.3 Å². The second kappa shape index (κ2) is 6.43. The van der Waals surface area contributed by atoms with Crippen LogP contribution in [0.25, 0.3) is 0 Å². The SMILES string of the molecule is COc1ccc(CNc2cc(C)nc(Cl)n2)cc1OC. The summed E-state index contributed by atoms with van der Waals surface area (Å²) in [5, 5.41) is 3.44. The van der Waals surface area contributed by atoms with Crippen molar-refractivity contribution in [3.63, 3.8) is 0 Å². The van der Waals surface area contributed by atoms with Gasteiger partial charge in [-0.2, -0.15) is 0 Å². The Morgan fingerprint density at radius 3 is 2.50 bits per heavy atom. The molecular weight excluding hydrogens is 278 g/mol. The van der Waals surface area contributed by atoms with Gasteiger partial charge in [-0.25, -0.2) is 9.97 Å². The van der Waals surface area contributed by atoms with Crippen molar-refractivity contribution >= 4 is 17.4 Å². The highest BCUT2D eigenvalue weighted by Crippen LogP contribution is 2.27. The van der Waals surface area contributed by atoms with Crippen LogP contribution in [0, 0.1) is 6.92 Å². The first-order valence-corrected chi connectivity index (χ1v) is 6.46. The molecule has 2 rings (SSSR count). The second-order valence-corrected chi connectivity index (χ2v) is 4.54. The number of anilines is 1. The summed E-state index contributed by atoms with van der Waals surface area (Å²) in [6.45, 7) is 2.47. The zero-order valence-corrected chi connectivity index (χ0v) is 12.4. The molecule has 1 aromatic carbocycles. The van der Waals surface area contributed by atoms with E-state index in [1.165, 1.54) is 0 Å². The Bertz CT molecular complexity index is 585. The molecule has 1 aromatic heterocycles. The number of hydrogen-bond acceptors (Lipinski definition) is 5. The summed E-state index contributed by atoms with van der Waals surface area (Å²) >= 11 is 5.82. The molecule has 1 N–H and O–H groups in total. The molecule has 20 heavy (non-hydrogen) atoms. The molecule has 0 bridgehead atoms. The van der Waals surface area contributed by atoms with Gasteiger partial charge in [-0.1, -0.05) is 6.07 Å². The first-order valence-electron chi connectivity index (χ1n) is 6.08. The topological polar surface area (TPSA) is 56.3 Å². The van der Waals surface area contributed by atoms with Crippen molar-refractivity contribution in [3.05, 3.63) is 40.8 Å². The molecule has 0 unspecified atom stereocenters. The summed E-state index contributed by atoms with van der Waals surface area (Å²) in [4.78, 5) is 8.13. The van der Waals surface area contributed by atoms with E-state index in [1.807, 2.05) is 31.2 Å². The van der Waals surface area contributed by atoms with E-state index in [9.17, 15) is 0 Å². The lowest BCUT2D eigenvalue weighted by Crippen LogP contribution is -2.03. The van der Waals surface area contributed by atoms with Gasteiger partial charge in [0, 0.05) is 18.3 Å². The molecular formula is C14H16ClN3O2. The Balaban J connectivity index is 2.10. The van der Waals surface area contributed by atoms with Crippen LogP contribution >= 0.6 is 11.6 Å². The Kier molecular flexibility index (Phi) is 4.63. The van der Waals surface area contributed by atoms with Crippen LogP contribution in [0.2, 0.25) is 5.28 Å². The summed E-state index contributed by atoms with van der Waals surface area (Å²) in [5.41, 5.74) is 1.87. The molecule has 0 aliphatic heterocycles. The van der Waals surface area contributed by atoms with E-state index in [0.717, 1.165) is 11.3 Å². The number of aryl methyl sites for hydroxylation is 1. The van der Waals surface area contributed by atoms with Crippen LogP contribution in [-0.2, 0) is 6.54 Å². The number of ether oxygens (including phenoxy) is 2. The molecule has 0 saturated heterocycles. The molecule has 0 aliphatic rings. The molecule has 0 amide bonds. The largest absolute Gasteiger partial charge is 0.493 e. The van der Waals surface area contributed by atoms with Gasteiger partial charge in [-0.05, 0) is 36.2 Å². The lowest BCUT2D eigenvalue weighted by atomic mass is 10.2. The van der Waals surface area contributed by atoms with Crippen molar-refractivity contribution in [2.45, 2.75) is 13.5 Å². The number of halogens is 1. The average molecular weight is 294 g/mol. The van der Waals surface area contributed by atoms with Crippen molar-refractivity contribution in [2.24, 2.45) is 0 Å². The monoisotopic (exact) mass is 293 g/mol. The van der Waals surface area contributed by atoms with E-state index < -0.39 is 0 Å². The van der Waals surface area contributed by atoms with Crippen molar-refractivity contribution in [1.29, 1.82) is 0 Å². The van der Waals surface area contributed by atoms with E-state index in [4.69, 9.17) is 21.1 Å². The van der Waals surface area contributed by atoms with Gasteiger partial charge in [-0.15, -0.1) is 0 Å². The summed E-state index contributed by atoms with van der Waals surface area (Å²) < 4.78 is 10.5. The highest BCUT2D eigenvalue weighted by molar-refractivity contribution is 6.28. The van der Waals surface area contributed by atoms with Gasteiger partial charge in [0.05, 0.1) is 14.2 Å². The van der Waals surface area contributed by atoms with Crippen molar-refractivity contribution in [3.8, 4) is 11.5 Å². The lowest BCUT2D eigenvalue weighted by Gasteiger charge is -2.11. The lowest BCUT2D eigenvalue weighted by molar-refractivity contribution is 0.354. The maximum Gasteiger partial charge on any atom is 0.224 e. The molecule has 0 atom stereocenters. The summed E-state index contributed by atoms with van der Waals surface area (Å²) in [7, 11) is 3.23. The normalized spacial score (nSPS) is 10.2. The predicted octanol–water partition coefficient (Wildman–Crippen LogP) is 3.07. The number of benzene rings is 1. The van der Waals surface area contributed by atoms with E-state index in [1.54, 1.807) is 14.2 Å². The van der Waals surface area contributed by atoms with Crippen molar-refractivity contribution in [2.75, 3.05) is 19.5 Å². The highest BCUT2D eigenvalue weighted by atomic mass is 35.5. The zero-order valence-electron chi connectivity index (χ0n) is 11.6. The minimum absolute atomic E-state index is 0.236. The van der Waals surface area contributed by atoms with Crippen LogP contribution in [0.5, 0.6) is 11.5 Å². The van der Waals surface area contributed by atoms with Gasteiger partial charge in [0.15, 0.2) is 11.5 Å². The maximum absolute atomic E-state index is 5.82. The number of hydrogen-bond donors (Lipinski definition) is 1. The van der Waals surface area contributed by atoms with E-state index in [-0.39, 0.29) is 5.28 Å². The van der Waals surface area contributed by atoms with Crippen molar-refractivity contribution < 1.29 is 9.47 Å². The van der Waals surface area contributed by atoms with Crippen LogP contribution in [0.4, 0.5) is 5.82 Å². The highest BCUT2D eigenvalue weighted by Gasteiger charge is 2.05. The van der Waals surface area contributed by atoms with Gasteiger partial charge in [0.25, 0.3) is 0 Å². The third-order valence-electron chi connectivity index (χ3n) is 2.75. The average Bonchev–Trinajstić information content (AvgIpc) is 2.43. The quantitative estimate of drug-likeness (QED) is 0.859. The van der Waals surface area contributed by atoms with Gasteiger partial charge >= 0.3 is 0 Å². The van der Waals surface area contributed by atoms with Crippen molar-refractivity contribution in [1.82, 2.24) is 9.97 Å². The first-order chi connectivity index (χ1) is 9.62. The molecule has 2 aromatic rings. The van der Waals surface area contributed by atoms with Gasteiger partial charge in [-0.3, -0.25) is 0 Å². The molecule has 0 radical (unpaired) electrons. The minimum atomic E-state index is 0.236. The van der Waals surface area contributed by atoms with E-state index in [0.29, 0.717) is 23.9 Å². The van der Waals surface area contributed by atoms with Gasteiger partial charge < -0.3 is 14.8 Å². The van der Waals surface area contributed by atoms with Gasteiger partial charge in [0.2, 0.25) is 5.28 Å². The number of nitrogens with one attached hydrogen (secondary N) is 1. The number of methoxy groups -OCH3 is 2. The number of aromatic nitrogens is 2. The summed E-state index contributed by atoms with van der Waals surface area (Å²) in [5.74, 6) is 2.10. The molecule has 0 fully saturated rings. The molecule has 0 aliphatic carbocycles.